The van der Waals surface area contributed by atoms with E-state index in [-0.39, 0.29) is 6.61 Å². The number of benzene rings is 1. The first kappa shape index (κ1) is 14.6. The molecule has 0 aromatic heterocycles. The zero-order valence-electron chi connectivity index (χ0n) is 11.5. The normalized spacial score (nSPS) is 15.6. The van der Waals surface area contributed by atoms with Crippen LogP contribution in [0, 0.1) is 0 Å². The van der Waals surface area contributed by atoms with E-state index in [1.807, 2.05) is 6.92 Å². The first-order valence-corrected chi connectivity index (χ1v) is 6.53. The molecule has 1 aliphatic rings. The SMILES string of the molecule is CCOCC(OCC)ON1C(=O)c2ccccc2C1=O. The second kappa shape index (κ2) is 6.60. The summed E-state index contributed by atoms with van der Waals surface area (Å²) in [5.41, 5.74) is 0.674. The molecule has 2 amide bonds. The standard InChI is InChI=1S/C14H17NO5/c1-3-18-9-12(19-4-2)20-15-13(16)10-7-5-6-8-11(10)14(15)17/h5-8,12H,3-4,9H2,1-2H3. The van der Waals surface area contributed by atoms with Gasteiger partial charge in [-0.05, 0) is 26.0 Å². The summed E-state index contributed by atoms with van der Waals surface area (Å²) in [4.78, 5) is 29.6. The summed E-state index contributed by atoms with van der Waals surface area (Å²) < 4.78 is 10.5. The van der Waals surface area contributed by atoms with E-state index in [0.717, 1.165) is 5.06 Å². The molecule has 6 nitrogen and oxygen atoms in total. The monoisotopic (exact) mass is 279 g/mol. The molecule has 1 aliphatic heterocycles. The average molecular weight is 279 g/mol. The fourth-order valence-electron chi connectivity index (χ4n) is 1.89. The highest BCUT2D eigenvalue weighted by molar-refractivity contribution is 6.20. The molecule has 1 aromatic rings. The van der Waals surface area contributed by atoms with Gasteiger partial charge in [0, 0.05) is 13.2 Å². The van der Waals surface area contributed by atoms with Crippen LogP contribution < -0.4 is 0 Å². The Hall–Kier alpha value is -1.76. The van der Waals surface area contributed by atoms with Crippen LogP contribution in [0.25, 0.3) is 0 Å². The molecule has 108 valence electrons. The molecule has 0 radical (unpaired) electrons. The van der Waals surface area contributed by atoms with E-state index in [9.17, 15) is 9.59 Å². The van der Waals surface area contributed by atoms with Crippen LogP contribution in [0.2, 0.25) is 0 Å². The molecule has 2 rings (SSSR count). The summed E-state index contributed by atoms with van der Waals surface area (Å²) in [7, 11) is 0. The van der Waals surface area contributed by atoms with Gasteiger partial charge in [0.25, 0.3) is 11.8 Å². The molecule has 0 bridgehead atoms. The van der Waals surface area contributed by atoms with Gasteiger partial charge < -0.3 is 9.47 Å². The third kappa shape index (κ3) is 2.87. The zero-order valence-corrected chi connectivity index (χ0v) is 11.5. The zero-order chi connectivity index (χ0) is 14.5. The minimum absolute atomic E-state index is 0.151. The summed E-state index contributed by atoms with van der Waals surface area (Å²) in [6, 6.07) is 6.59. The van der Waals surface area contributed by atoms with Crippen molar-refractivity contribution < 1.29 is 23.9 Å². The Balaban J connectivity index is 2.10. The Kier molecular flexibility index (Phi) is 4.84. The maximum Gasteiger partial charge on any atom is 0.285 e. The molecule has 20 heavy (non-hydrogen) atoms. The van der Waals surface area contributed by atoms with Crippen molar-refractivity contribution in [3.05, 3.63) is 35.4 Å². The van der Waals surface area contributed by atoms with Crippen LogP contribution in [0.5, 0.6) is 0 Å². The van der Waals surface area contributed by atoms with Gasteiger partial charge in [-0.15, -0.1) is 5.06 Å². The number of imide groups is 1. The number of fused-ring (bicyclic) bond motifs is 1. The molecular weight excluding hydrogens is 262 g/mol. The number of hydroxylamine groups is 2. The number of carbonyl (C=O) groups excluding carboxylic acids is 2. The highest BCUT2D eigenvalue weighted by Crippen LogP contribution is 2.23. The van der Waals surface area contributed by atoms with Gasteiger partial charge >= 0.3 is 0 Å². The van der Waals surface area contributed by atoms with Gasteiger partial charge in [-0.1, -0.05) is 12.1 Å². The Morgan fingerprint density at radius 3 is 2.15 bits per heavy atom. The van der Waals surface area contributed by atoms with Crippen molar-refractivity contribution >= 4 is 11.8 Å². The van der Waals surface area contributed by atoms with Crippen LogP contribution in [-0.4, -0.2) is 43.0 Å². The summed E-state index contributed by atoms with van der Waals surface area (Å²) >= 11 is 0. The van der Waals surface area contributed by atoms with Crippen molar-refractivity contribution in [3.63, 3.8) is 0 Å². The molecule has 0 spiro atoms. The lowest BCUT2D eigenvalue weighted by Crippen LogP contribution is -2.37. The number of hydrogen-bond acceptors (Lipinski definition) is 5. The van der Waals surface area contributed by atoms with Gasteiger partial charge in [-0.2, -0.15) is 0 Å². The molecule has 1 heterocycles. The summed E-state index contributed by atoms with van der Waals surface area (Å²) in [6.07, 6.45) is -0.790. The molecule has 0 saturated heterocycles. The molecule has 1 aromatic carbocycles. The van der Waals surface area contributed by atoms with E-state index < -0.39 is 18.1 Å². The van der Waals surface area contributed by atoms with Gasteiger partial charge in [0.15, 0.2) is 0 Å². The van der Waals surface area contributed by atoms with Gasteiger partial charge in [-0.25, -0.2) is 4.84 Å². The smallest absolute Gasteiger partial charge is 0.285 e. The summed E-state index contributed by atoms with van der Waals surface area (Å²) in [6.45, 7) is 4.67. The van der Waals surface area contributed by atoms with Crippen LogP contribution in [0.4, 0.5) is 0 Å². The fourth-order valence-corrected chi connectivity index (χ4v) is 1.89. The van der Waals surface area contributed by atoms with Gasteiger partial charge in [0.2, 0.25) is 6.29 Å². The largest absolute Gasteiger partial charge is 0.376 e. The van der Waals surface area contributed by atoms with Gasteiger partial charge in [0.05, 0.1) is 11.1 Å². The average Bonchev–Trinajstić information content (AvgIpc) is 2.70. The lowest BCUT2D eigenvalue weighted by atomic mass is 10.1. The van der Waals surface area contributed by atoms with Crippen molar-refractivity contribution in [1.29, 1.82) is 0 Å². The predicted octanol–water partition coefficient (Wildman–Crippen LogP) is 1.61. The lowest BCUT2D eigenvalue weighted by Gasteiger charge is -2.21. The van der Waals surface area contributed by atoms with E-state index in [1.54, 1.807) is 31.2 Å². The van der Waals surface area contributed by atoms with Crippen LogP contribution in [-0.2, 0) is 14.3 Å². The van der Waals surface area contributed by atoms with E-state index in [4.69, 9.17) is 14.3 Å². The molecule has 0 saturated carbocycles. The Morgan fingerprint density at radius 2 is 1.65 bits per heavy atom. The summed E-state index contributed by atoms with van der Waals surface area (Å²) in [5, 5.41) is 0.740. The van der Waals surface area contributed by atoms with Crippen molar-refractivity contribution in [2.75, 3.05) is 19.8 Å². The molecule has 1 atom stereocenters. The van der Waals surface area contributed by atoms with Gasteiger partial charge in [0.1, 0.15) is 6.61 Å². The molecule has 0 fully saturated rings. The Bertz CT molecular complexity index is 467. The fraction of sp³-hybridized carbons (Fsp3) is 0.429. The number of nitrogens with zero attached hydrogens (tertiary/aromatic N) is 1. The molecule has 0 aliphatic carbocycles. The van der Waals surface area contributed by atoms with Crippen molar-refractivity contribution in [2.45, 2.75) is 20.1 Å². The van der Waals surface area contributed by atoms with Crippen LogP contribution in [0.3, 0.4) is 0 Å². The van der Waals surface area contributed by atoms with E-state index in [2.05, 4.69) is 0 Å². The van der Waals surface area contributed by atoms with Crippen molar-refractivity contribution in [1.82, 2.24) is 5.06 Å². The second-order valence-corrected chi connectivity index (χ2v) is 4.10. The molecular formula is C14H17NO5. The number of ether oxygens (including phenoxy) is 2. The Morgan fingerprint density at radius 1 is 1.05 bits per heavy atom. The predicted molar refractivity (Wildman–Crippen MR) is 69.9 cm³/mol. The van der Waals surface area contributed by atoms with E-state index in [0.29, 0.717) is 24.3 Å². The first-order valence-electron chi connectivity index (χ1n) is 6.53. The number of rotatable bonds is 7. The maximum absolute atomic E-state index is 12.1. The highest BCUT2D eigenvalue weighted by Gasteiger charge is 2.38. The van der Waals surface area contributed by atoms with Crippen molar-refractivity contribution in [2.24, 2.45) is 0 Å². The first-order chi connectivity index (χ1) is 9.69. The van der Waals surface area contributed by atoms with Crippen LogP contribution in [0.1, 0.15) is 34.6 Å². The number of hydrogen-bond donors (Lipinski definition) is 0. The molecule has 1 unspecified atom stereocenters. The third-order valence-corrected chi connectivity index (χ3v) is 2.79. The van der Waals surface area contributed by atoms with Crippen LogP contribution >= 0.6 is 0 Å². The molecule has 0 N–H and O–H groups in total. The summed E-state index contributed by atoms with van der Waals surface area (Å²) in [5.74, 6) is -0.960. The molecule has 6 heteroatoms. The minimum Gasteiger partial charge on any atom is -0.376 e. The van der Waals surface area contributed by atoms with Gasteiger partial charge in [-0.3, -0.25) is 9.59 Å². The highest BCUT2D eigenvalue weighted by atomic mass is 16.8. The second-order valence-electron chi connectivity index (χ2n) is 4.10. The Labute approximate surface area is 117 Å². The van der Waals surface area contributed by atoms with E-state index in [1.165, 1.54) is 0 Å². The number of amides is 2. The van der Waals surface area contributed by atoms with E-state index >= 15 is 0 Å². The van der Waals surface area contributed by atoms with Crippen molar-refractivity contribution in [3.8, 4) is 0 Å². The lowest BCUT2D eigenvalue weighted by molar-refractivity contribution is -0.248. The van der Waals surface area contributed by atoms with Crippen LogP contribution in [0.15, 0.2) is 24.3 Å². The number of carbonyl (C=O) groups is 2. The quantitative estimate of drug-likeness (QED) is 0.560. The maximum atomic E-state index is 12.1. The third-order valence-electron chi connectivity index (χ3n) is 2.79. The minimum atomic E-state index is -0.790. The topological polar surface area (TPSA) is 65.1 Å².